The standard InChI is InChI=1S/C11H12O5/c1-7(3-10(13)8(2)4-12)11(14)16-6-9-5-15-9/h3,9H,5-6H2,1-2H3/b7-3+. The largest absolute Gasteiger partial charge is 0.459 e. The molecule has 1 aliphatic heterocycles. The number of epoxide rings is 1. The van der Waals surface area contributed by atoms with Gasteiger partial charge in [-0.3, -0.25) is 4.79 Å². The number of ketones is 1. The Labute approximate surface area is 92.7 Å². The van der Waals surface area contributed by atoms with Crippen LogP contribution in [-0.2, 0) is 23.9 Å². The SMILES string of the molecule is CC(=C=O)C(=O)/C=C(\C)C(=O)OCC1CO1. The second-order valence-corrected chi connectivity index (χ2v) is 3.47. The van der Waals surface area contributed by atoms with Crippen LogP contribution in [0.1, 0.15) is 13.8 Å². The van der Waals surface area contributed by atoms with Gasteiger partial charge in [0.25, 0.3) is 0 Å². The summed E-state index contributed by atoms with van der Waals surface area (Å²) in [6.45, 7) is 3.58. The van der Waals surface area contributed by atoms with Gasteiger partial charge >= 0.3 is 5.97 Å². The van der Waals surface area contributed by atoms with Gasteiger partial charge in [0, 0.05) is 5.57 Å². The lowest BCUT2D eigenvalue weighted by molar-refractivity contribution is -0.139. The third-order valence-electron chi connectivity index (χ3n) is 1.99. The molecule has 1 fully saturated rings. The molecule has 0 aliphatic carbocycles. The second-order valence-electron chi connectivity index (χ2n) is 3.47. The lowest BCUT2D eigenvalue weighted by atomic mass is 10.1. The first kappa shape index (κ1) is 12.4. The van der Waals surface area contributed by atoms with Crippen LogP contribution in [0.2, 0.25) is 0 Å². The third-order valence-corrected chi connectivity index (χ3v) is 1.99. The maximum absolute atomic E-state index is 11.3. The summed E-state index contributed by atoms with van der Waals surface area (Å²) in [6.07, 6.45) is 1.06. The van der Waals surface area contributed by atoms with E-state index >= 15 is 0 Å². The number of hydrogen-bond acceptors (Lipinski definition) is 5. The highest BCUT2D eigenvalue weighted by atomic mass is 16.6. The molecule has 0 saturated carbocycles. The Hall–Kier alpha value is -1.71. The molecule has 1 unspecified atom stereocenters. The van der Waals surface area contributed by atoms with E-state index < -0.39 is 11.8 Å². The van der Waals surface area contributed by atoms with Gasteiger partial charge in [0.1, 0.15) is 18.7 Å². The zero-order chi connectivity index (χ0) is 12.1. The van der Waals surface area contributed by atoms with Crippen molar-refractivity contribution < 1.29 is 23.9 Å². The van der Waals surface area contributed by atoms with Crippen molar-refractivity contribution in [2.24, 2.45) is 0 Å². The molecule has 0 spiro atoms. The molecule has 5 heteroatoms. The zero-order valence-corrected chi connectivity index (χ0v) is 9.11. The van der Waals surface area contributed by atoms with Crippen molar-refractivity contribution in [2.75, 3.05) is 13.2 Å². The first-order chi connectivity index (χ1) is 7.54. The highest BCUT2D eigenvalue weighted by molar-refractivity contribution is 6.11. The molecular formula is C11H12O5. The molecule has 0 bridgehead atoms. The summed E-state index contributed by atoms with van der Waals surface area (Å²) in [4.78, 5) is 32.7. The van der Waals surface area contributed by atoms with Gasteiger partial charge in [0.05, 0.1) is 12.2 Å². The maximum Gasteiger partial charge on any atom is 0.333 e. The van der Waals surface area contributed by atoms with Crippen LogP contribution >= 0.6 is 0 Å². The van der Waals surface area contributed by atoms with Gasteiger partial charge in [-0.05, 0) is 19.9 Å². The molecule has 5 nitrogen and oxygen atoms in total. The molecule has 1 saturated heterocycles. The van der Waals surface area contributed by atoms with E-state index in [1.807, 2.05) is 0 Å². The van der Waals surface area contributed by atoms with Crippen molar-refractivity contribution in [1.82, 2.24) is 0 Å². The number of carbonyl (C=O) groups is 2. The van der Waals surface area contributed by atoms with Crippen molar-refractivity contribution in [2.45, 2.75) is 20.0 Å². The minimum atomic E-state index is -0.581. The Morgan fingerprint density at radius 3 is 2.62 bits per heavy atom. The number of rotatable bonds is 5. The highest BCUT2D eigenvalue weighted by Crippen LogP contribution is 2.10. The van der Waals surface area contributed by atoms with E-state index in [-0.39, 0.29) is 23.9 Å². The number of allylic oxidation sites excluding steroid dienone is 2. The lowest BCUT2D eigenvalue weighted by Gasteiger charge is -2.01. The number of carbonyl (C=O) groups excluding carboxylic acids is 3. The Morgan fingerprint density at radius 2 is 2.12 bits per heavy atom. The average molecular weight is 224 g/mol. The number of ether oxygens (including phenoxy) is 2. The summed E-state index contributed by atoms with van der Waals surface area (Å²) >= 11 is 0. The van der Waals surface area contributed by atoms with Crippen molar-refractivity contribution in [3.63, 3.8) is 0 Å². The van der Waals surface area contributed by atoms with E-state index in [9.17, 15) is 14.4 Å². The van der Waals surface area contributed by atoms with E-state index in [4.69, 9.17) is 9.47 Å². The molecule has 0 aromatic carbocycles. The molecule has 86 valence electrons. The molecule has 0 radical (unpaired) electrons. The maximum atomic E-state index is 11.3. The van der Waals surface area contributed by atoms with Gasteiger partial charge in [-0.2, -0.15) is 0 Å². The first-order valence-corrected chi connectivity index (χ1v) is 4.77. The number of esters is 1. The zero-order valence-electron chi connectivity index (χ0n) is 9.11. The normalized spacial score (nSPS) is 18.6. The van der Waals surface area contributed by atoms with Gasteiger partial charge in [0.15, 0.2) is 5.78 Å². The predicted molar refractivity (Wildman–Crippen MR) is 54.3 cm³/mol. The van der Waals surface area contributed by atoms with E-state index in [0.717, 1.165) is 6.08 Å². The Morgan fingerprint density at radius 1 is 1.50 bits per heavy atom. The van der Waals surface area contributed by atoms with Crippen molar-refractivity contribution in [3.8, 4) is 0 Å². The summed E-state index contributed by atoms with van der Waals surface area (Å²) < 4.78 is 9.71. The smallest absolute Gasteiger partial charge is 0.333 e. The third kappa shape index (κ3) is 3.81. The minimum absolute atomic E-state index is 0.0101. The van der Waals surface area contributed by atoms with E-state index in [2.05, 4.69) is 0 Å². The van der Waals surface area contributed by atoms with Crippen LogP contribution in [0, 0.1) is 0 Å². The Bertz CT molecular complexity index is 383. The Balaban J connectivity index is 2.50. The average Bonchev–Trinajstić information content (AvgIpc) is 3.08. The number of hydrogen-bond donors (Lipinski definition) is 0. The van der Waals surface area contributed by atoms with Gasteiger partial charge in [-0.25, -0.2) is 9.59 Å². The molecule has 0 N–H and O–H groups in total. The van der Waals surface area contributed by atoms with Crippen LogP contribution in [0.3, 0.4) is 0 Å². The summed E-state index contributed by atoms with van der Waals surface area (Å²) in [7, 11) is 0. The Kier molecular flexibility index (Phi) is 4.17. The quantitative estimate of drug-likeness (QED) is 0.289. The summed E-state index contributed by atoms with van der Waals surface area (Å²) in [6, 6.07) is 0. The van der Waals surface area contributed by atoms with E-state index in [0.29, 0.717) is 6.61 Å². The second kappa shape index (κ2) is 5.39. The predicted octanol–water partition coefficient (Wildman–Crippen LogP) is 0.222. The monoisotopic (exact) mass is 224 g/mol. The van der Waals surface area contributed by atoms with Crippen molar-refractivity contribution in [3.05, 3.63) is 17.2 Å². The van der Waals surface area contributed by atoms with Gasteiger partial charge in [-0.15, -0.1) is 0 Å². The molecule has 1 heterocycles. The van der Waals surface area contributed by atoms with Crippen LogP contribution in [0.15, 0.2) is 17.2 Å². The van der Waals surface area contributed by atoms with Crippen LogP contribution in [0.25, 0.3) is 0 Å². The molecule has 16 heavy (non-hydrogen) atoms. The summed E-state index contributed by atoms with van der Waals surface area (Å²) in [5, 5.41) is 0. The lowest BCUT2D eigenvalue weighted by Crippen LogP contribution is -2.12. The molecule has 1 atom stereocenters. The van der Waals surface area contributed by atoms with E-state index in [1.165, 1.54) is 19.8 Å². The summed E-state index contributed by atoms with van der Waals surface area (Å²) in [5.41, 5.74) is 0.0814. The fourth-order valence-corrected chi connectivity index (χ4v) is 0.861. The van der Waals surface area contributed by atoms with Crippen LogP contribution in [-0.4, -0.2) is 37.0 Å². The fourth-order valence-electron chi connectivity index (χ4n) is 0.861. The van der Waals surface area contributed by atoms with Crippen molar-refractivity contribution in [1.29, 1.82) is 0 Å². The molecule has 0 aromatic rings. The van der Waals surface area contributed by atoms with Crippen LogP contribution in [0.5, 0.6) is 0 Å². The first-order valence-electron chi connectivity index (χ1n) is 4.77. The van der Waals surface area contributed by atoms with Gasteiger partial charge in [0.2, 0.25) is 0 Å². The van der Waals surface area contributed by atoms with Gasteiger partial charge < -0.3 is 9.47 Å². The van der Waals surface area contributed by atoms with E-state index in [1.54, 1.807) is 0 Å². The molecular weight excluding hydrogens is 212 g/mol. The van der Waals surface area contributed by atoms with Crippen LogP contribution in [0.4, 0.5) is 0 Å². The topological polar surface area (TPSA) is 73.0 Å². The van der Waals surface area contributed by atoms with Crippen LogP contribution < -0.4 is 0 Å². The molecule has 0 aromatic heterocycles. The summed E-state index contributed by atoms with van der Waals surface area (Å²) in [5.74, 6) is 0.354. The molecule has 1 aliphatic rings. The van der Waals surface area contributed by atoms with Gasteiger partial charge in [-0.1, -0.05) is 0 Å². The molecule has 1 rings (SSSR count). The highest BCUT2D eigenvalue weighted by Gasteiger charge is 2.24. The molecule has 0 amide bonds. The van der Waals surface area contributed by atoms with Crippen molar-refractivity contribution >= 4 is 17.7 Å². The fraction of sp³-hybridized carbons (Fsp3) is 0.455. The minimum Gasteiger partial charge on any atom is -0.459 e.